The zero-order valence-corrected chi connectivity index (χ0v) is 9.48. The number of carbonyl (C=O) groups is 1. The molecule has 90 valence electrons. The predicted octanol–water partition coefficient (Wildman–Crippen LogP) is -0.0427. The van der Waals surface area contributed by atoms with Crippen LogP contribution in [0.5, 0.6) is 0 Å². The Morgan fingerprint density at radius 2 is 2.38 bits per heavy atom. The number of hydrogen-bond donors (Lipinski definition) is 2. The highest BCUT2D eigenvalue weighted by molar-refractivity contribution is 5.78. The SMILES string of the molecule is COCC(C)(NCc1nc(C)no1)C(=O)O. The highest BCUT2D eigenvalue weighted by Crippen LogP contribution is 2.06. The molecule has 0 amide bonds. The van der Waals surface area contributed by atoms with E-state index in [1.807, 2.05) is 0 Å². The molecule has 1 unspecified atom stereocenters. The monoisotopic (exact) mass is 229 g/mol. The van der Waals surface area contributed by atoms with Gasteiger partial charge in [-0.2, -0.15) is 4.98 Å². The Morgan fingerprint density at radius 1 is 1.69 bits per heavy atom. The van der Waals surface area contributed by atoms with E-state index in [2.05, 4.69) is 15.5 Å². The molecular weight excluding hydrogens is 214 g/mol. The molecule has 1 heterocycles. The fourth-order valence-corrected chi connectivity index (χ4v) is 1.16. The summed E-state index contributed by atoms with van der Waals surface area (Å²) in [7, 11) is 1.44. The molecule has 16 heavy (non-hydrogen) atoms. The van der Waals surface area contributed by atoms with Gasteiger partial charge < -0.3 is 14.4 Å². The second-order valence-electron chi connectivity index (χ2n) is 3.66. The zero-order chi connectivity index (χ0) is 12.2. The Morgan fingerprint density at radius 3 is 2.81 bits per heavy atom. The number of nitrogens with zero attached hydrogens (tertiary/aromatic N) is 2. The van der Waals surface area contributed by atoms with Gasteiger partial charge in [-0.25, -0.2) is 0 Å². The Hall–Kier alpha value is -1.47. The van der Waals surface area contributed by atoms with Gasteiger partial charge in [0, 0.05) is 7.11 Å². The van der Waals surface area contributed by atoms with Crippen molar-refractivity contribution >= 4 is 5.97 Å². The number of carboxylic acid groups (broad SMARTS) is 1. The molecule has 0 saturated heterocycles. The molecule has 0 bridgehead atoms. The van der Waals surface area contributed by atoms with E-state index in [0.29, 0.717) is 11.7 Å². The summed E-state index contributed by atoms with van der Waals surface area (Å²) >= 11 is 0. The van der Waals surface area contributed by atoms with E-state index in [1.165, 1.54) is 14.0 Å². The Balaban J connectivity index is 2.60. The van der Waals surface area contributed by atoms with Gasteiger partial charge in [0.15, 0.2) is 5.82 Å². The Labute approximate surface area is 92.8 Å². The van der Waals surface area contributed by atoms with E-state index in [-0.39, 0.29) is 13.2 Å². The van der Waals surface area contributed by atoms with Crippen LogP contribution in [0.25, 0.3) is 0 Å². The van der Waals surface area contributed by atoms with Crippen LogP contribution in [0.15, 0.2) is 4.52 Å². The van der Waals surface area contributed by atoms with Crippen molar-refractivity contribution in [1.29, 1.82) is 0 Å². The maximum absolute atomic E-state index is 11.0. The molecule has 1 atom stereocenters. The first-order valence-corrected chi connectivity index (χ1v) is 4.74. The predicted molar refractivity (Wildman–Crippen MR) is 53.8 cm³/mol. The van der Waals surface area contributed by atoms with Crippen molar-refractivity contribution < 1.29 is 19.2 Å². The lowest BCUT2D eigenvalue weighted by atomic mass is 10.0. The van der Waals surface area contributed by atoms with Gasteiger partial charge in [-0.05, 0) is 13.8 Å². The molecule has 0 spiro atoms. The topological polar surface area (TPSA) is 97.5 Å². The fourth-order valence-electron chi connectivity index (χ4n) is 1.16. The molecule has 1 aromatic heterocycles. The summed E-state index contributed by atoms with van der Waals surface area (Å²) in [4.78, 5) is 15.0. The summed E-state index contributed by atoms with van der Waals surface area (Å²) < 4.78 is 9.71. The van der Waals surface area contributed by atoms with Crippen LogP contribution in [0, 0.1) is 6.92 Å². The zero-order valence-electron chi connectivity index (χ0n) is 9.48. The van der Waals surface area contributed by atoms with Gasteiger partial charge >= 0.3 is 5.97 Å². The lowest BCUT2D eigenvalue weighted by molar-refractivity contribution is -0.146. The van der Waals surface area contributed by atoms with Crippen molar-refractivity contribution in [2.75, 3.05) is 13.7 Å². The van der Waals surface area contributed by atoms with Gasteiger partial charge in [-0.15, -0.1) is 0 Å². The van der Waals surface area contributed by atoms with Crippen molar-refractivity contribution in [1.82, 2.24) is 15.5 Å². The summed E-state index contributed by atoms with van der Waals surface area (Å²) in [5, 5.41) is 15.4. The van der Waals surface area contributed by atoms with Gasteiger partial charge in [-0.1, -0.05) is 5.16 Å². The third-order valence-electron chi connectivity index (χ3n) is 2.10. The second kappa shape index (κ2) is 5.04. The number of aliphatic carboxylic acids is 1. The summed E-state index contributed by atoms with van der Waals surface area (Å²) in [6.07, 6.45) is 0. The highest BCUT2D eigenvalue weighted by Gasteiger charge is 2.33. The Bertz CT molecular complexity index is 365. The van der Waals surface area contributed by atoms with E-state index >= 15 is 0 Å². The number of carboxylic acids is 1. The van der Waals surface area contributed by atoms with Crippen LogP contribution in [0.2, 0.25) is 0 Å². The molecule has 0 saturated carbocycles. The van der Waals surface area contributed by atoms with Gasteiger partial charge in [-0.3, -0.25) is 10.1 Å². The normalized spacial score (nSPS) is 14.7. The molecule has 7 heteroatoms. The molecule has 0 aliphatic carbocycles. The maximum Gasteiger partial charge on any atom is 0.326 e. The lowest BCUT2D eigenvalue weighted by Crippen LogP contribution is -2.52. The molecule has 2 N–H and O–H groups in total. The lowest BCUT2D eigenvalue weighted by Gasteiger charge is -2.24. The van der Waals surface area contributed by atoms with Crippen molar-refractivity contribution in [3.63, 3.8) is 0 Å². The maximum atomic E-state index is 11.0. The molecule has 0 aromatic carbocycles. The number of methoxy groups -OCH3 is 1. The van der Waals surface area contributed by atoms with Gasteiger partial charge in [0.2, 0.25) is 5.89 Å². The largest absolute Gasteiger partial charge is 0.480 e. The third-order valence-corrected chi connectivity index (χ3v) is 2.10. The van der Waals surface area contributed by atoms with Crippen LogP contribution < -0.4 is 5.32 Å². The first-order valence-electron chi connectivity index (χ1n) is 4.74. The molecular formula is C9H15N3O4. The quantitative estimate of drug-likeness (QED) is 0.706. The molecule has 0 aliphatic heterocycles. The van der Waals surface area contributed by atoms with E-state index in [1.54, 1.807) is 6.92 Å². The summed E-state index contributed by atoms with van der Waals surface area (Å²) in [6, 6.07) is 0. The summed E-state index contributed by atoms with van der Waals surface area (Å²) in [6.45, 7) is 3.46. The average molecular weight is 229 g/mol. The number of nitrogens with one attached hydrogen (secondary N) is 1. The number of aromatic nitrogens is 2. The molecule has 0 aliphatic rings. The molecule has 1 aromatic rings. The molecule has 0 radical (unpaired) electrons. The van der Waals surface area contributed by atoms with E-state index < -0.39 is 11.5 Å². The van der Waals surface area contributed by atoms with Crippen LogP contribution in [-0.4, -0.2) is 40.5 Å². The van der Waals surface area contributed by atoms with Crippen LogP contribution in [0.3, 0.4) is 0 Å². The minimum Gasteiger partial charge on any atom is -0.480 e. The highest BCUT2D eigenvalue weighted by atomic mass is 16.5. The number of aryl methyl sites for hydroxylation is 1. The van der Waals surface area contributed by atoms with Crippen LogP contribution >= 0.6 is 0 Å². The minimum atomic E-state index is -1.17. The van der Waals surface area contributed by atoms with Crippen molar-refractivity contribution in [3.8, 4) is 0 Å². The molecule has 1 rings (SSSR count). The number of rotatable bonds is 6. The van der Waals surface area contributed by atoms with Crippen molar-refractivity contribution in [2.45, 2.75) is 25.9 Å². The first kappa shape index (κ1) is 12.6. The van der Waals surface area contributed by atoms with E-state index in [9.17, 15) is 4.79 Å². The van der Waals surface area contributed by atoms with Crippen LogP contribution in [0.1, 0.15) is 18.6 Å². The van der Waals surface area contributed by atoms with Gasteiger partial charge in [0.1, 0.15) is 5.54 Å². The summed E-state index contributed by atoms with van der Waals surface area (Å²) in [5.74, 6) is -0.132. The van der Waals surface area contributed by atoms with E-state index in [0.717, 1.165) is 0 Å². The second-order valence-corrected chi connectivity index (χ2v) is 3.66. The number of ether oxygens (including phenoxy) is 1. The van der Waals surface area contributed by atoms with Crippen LogP contribution in [-0.2, 0) is 16.1 Å². The Kier molecular flexibility index (Phi) is 3.97. The van der Waals surface area contributed by atoms with Crippen molar-refractivity contribution in [3.05, 3.63) is 11.7 Å². The number of hydrogen-bond acceptors (Lipinski definition) is 6. The standard InChI is InChI=1S/C9H15N3O4/c1-6-11-7(16-12-6)4-10-9(2,5-15-3)8(13)14/h10H,4-5H2,1-3H3,(H,13,14). The summed E-state index contributed by atoms with van der Waals surface area (Å²) in [5.41, 5.74) is -1.17. The average Bonchev–Trinajstić information content (AvgIpc) is 2.61. The first-order chi connectivity index (χ1) is 7.48. The smallest absolute Gasteiger partial charge is 0.326 e. The minimum absolute atomic E-state index is 0.0510. The van der Waals surface area contributed by atoms with Gasteiger partial charge in [0.05, 0.1) is 13.2 Å². The van der Waals surface area contributed by atoms with Crippen LogP contribution in [0.4, 0.5) is 0 Å². The molecule has 7 nitrogen and oxygen atoms in total. The van der Waals surface area contributed by atoms with Crippen molar-refractivity contribution in [2.24, 2.45) is 0 Å². The molecule has 0 fully saturated rings. The van der Waals surface area contributed by atoms with Gasteiger partial charge in [0.25, 0.3) is 0 Å². The fraction of sp³-hybridized carbons (Fsp3) is 0.667. The van der Waals surface area contributed by atoms with E-state index in [4.69, 9.17) is 14.4 Å². The third kappa shape index (κ3) is 3.01.